The minimum atomic E-state index is -0.466. The van der Waals surface area contributed by atoms with Gasteiger partial charge in [-0.25, -0.2) is 4.79 Å². The van der Waals surface area contributed by atoms with Gasteiger partial charge in [-0.2, -0.15) is 0 Å². The van der Waals surface area contributed by atoms with Crippen LogP contribution < -0.4 is 16.4 Å². The zero-order chi connectivity index (χ0) is 12.1. The summed E-state index contributed by atoms with van der Waals surface area (Å²) in [5.41, 5.74) is 5.83. The first kappa shape index (κ1) is 12.9. The highest BCUT2D eigenvalue weighted by Gasteiger charge is 2.24. The van der Waals surface area contributed by atoms with E-state index in [9.17, 15) is 9.59 Å². The van der Waals surface area contributed by atoms with Crippen LogP contribution in [0.25, 0.3) is 0 Å². The number of imide groups is 1. The highest BCUT2D eigenvalue weighted by atomic mass is 16.2. The molecule has 0 aromatic rings. The third-order valence-corrected chi connectivity index (χ3v) is 2.88. The number of amides is 3. The van der Waals surface area contributed by atoms with Gasteiger partial charge in [0, 0.05) is 25.7 Å². The number of piperidine rings is 1. The second-order valence-corrected chi connectivity index (χ2v) is 4.23. The third-order valence-electron chi connectivity index (χ3n) is 2.88. The first-order chi connectivity index (χ1) is 7.52. The first-order valence-corrected chi connectivity index (χ1v) is 5.54. The van der Waals surface area contributed by atoms with E-state index in [0.717, 1.165) is 19.4 Å². The summed E-state index contributed by atoms with van der Waals surface area (Å²) >= 11 is 0. The normalized spacial score (nSPS) is 26.2. The largest absolute Gasteiger partial charge is 0.341 e. The Bertz CT molecular complexity index is 270. The number of carbonyl (C=O) groups is 2. The van der Waals surface area contributed by atoms with Crippen LogP contribution in [0.1, 0.15) is 19.8 Å². The number of nitrogens with one attached hydrogen (secondary N) is 2. The van der Waals surface area contributed by atoms with Gasteiger partial charge in [0.05, 0.1) is 6.54 Å². The molecule has 1 aliphatic heterocycles. The Labute approximate surface area is 95.5 Å². The Morgan fingerprint density at radius 2 is 2.19 bits per heavy atom. The van der Waals surface area contributed by atoms with E-state index in [0.29, 0.717) is 6.04 Å². The molecule has 0 radical (unpaired) electrons. The van der Waals surface area contributed by atoms with Crippen molar-refractivity contribution in [2.75, 3.05) is 20.1 Å². The van der Waals surface area contributed by atoms with Crippen LogP contribution in [0.15, 0.2) is 0 Å². The van der Waals surface area contributed by atoms with Crippen LogP contribution in [0.4, 0.5) is 4.79 Å². The molecule has 1 heterocycles. The second-order valence-electron chi connectivity index (χ2n) is 4.23. The van der Waals surface area contributed by atoms with Crippen LogP contribution >= 0.6 is 0 Å². The van der Waals surface area contributed by atoms with Gasteiger partial charge < -0.3 is 11.1 Å². The molecule has 2 unspecified atom stereocenters. The lowest BCUT2D eigenvalue weighted by molar-refractivity contribution is -0.122. The summed E-state index contributed by atoms with van der Waals surface area (Å²) in [6.07, 6.45) is 1.80. The number of urea groups is 1. The Hall–Kier alpha value is -1.14. The quantitative estimate of drug-likeness (QED) is 0.580. The molecule has 1 saturated heterocycles. The van der Waals surface area contributed by atoms with E-state index >= 15 is 0 Å². The minimum Gasteiger partial charge on any atom is -0.341 e. The molecule has 92 valence electrons. The molecule has 1 aliphatic rings. The molecule has 1 rings (SSSR count). The molecule has 0 aromatic carbocycles. The van der Waals surface area contributed by atoms with Gasteiger partial charge in [-0.05, 0) is 19.8 Å². The van der Waals surface area contributed by atoms with E-state index in [4.69, 9.17) is 5.73 Å². The van der Waals surface area contributed by atoms with E-state index < -0.39 is 6.03 Å². The van der Waals surface area contributed by atoms with Crippen molar-refractivity contribution in [2.45, 2.75) is 31.8 Å². The lowest BCUT2D eigenvalue weighted by Gasteiger charge is -2.35. The summed E-state index contributed by atoms with van der Waals surface area (Å²) in [4.78, 5) is 24.4. The van der Waals surface area contributed by atoms with E-state index in [-0.39, 0.29) is 18.5 Å². The van der Waals surface area contributed by atoms with Crippen LogP contribution in [0.5, 0.6) is 0 Å². The van der Waals surface area contributed by atoms with Gasteiger partial charge in [0.2, 0.25) is 5.91 Å². The maximum atomic E-state index is 11.5. The average Bonchev–Trinajstić information content (AvgIpc) is 2.22. The standard InChI is InChI=1S/C10H20N4O2/c1-7-5-8(11)3-4-14(7)6-9(15)13-10(16)12-2/h7-8H,3-6,11H2,1-2H3,(H2,12,13,15,16). The minimum absolute atomic E-state index is 0.230. The smallest absolute Gasteiger partial charge is 0.321 e. The van der Waals surface area contributed by atoms with Crippen LogP contribution in [0.3, 0.4) is 0 Å². The van der Waals surface area contributed by atoms with Crippen molar-refractivity contribution in [2.24, 2.45) is 5.73 Å². The number of nitrogens with zero attached hydrogens (tertiary/aromatic N) is 1. The molecule has 0 aromatic heterocycles. The Kier molecular flexibility index (Phi) is 4.70. The fourth-order valence-electron chi connectivity index (χ4n) is 1.91. The van der Waals surface area contributed by atoms with Crippen molar-refractivity contribution < 1.29 is 9.59 Å². The molecule has 4 N–H and O–H groups in total. The average molecular weight is 228 g/mol. The van der Waals surface area contributed by atoms with E-state index in [2.05, 4.69) is 10.6 Å². The van der Waals surface area contributed by atoms with Gasteiger partial charge in [-0.1, -0.05) is 0 Å². The van der Waals surface area contributed by atoms with Gasteiger partial charge in [0.1, 0.15) is 0 Å². The maximum absolute atomic E-state index is 11.5. The molecule has 0 bridgehead atoms. The van der Waals surface area contributed by atoms with Gasteiger partial charge in [0.25, 0.3) is 0 Å². The van der Waals surface area contributed by atoms with Gasteiger partial charge in [0.15, 0.2) is 0 Å². The summed E-state index contributed by atoms with van der Waals surface area (Å²) < 4.78 is 0. The maximum Gasteiger partial charge on any atom is 0.321 e. The van der Waals surface area contributed by atoms with Crippen LogP contribution in [-0.4, -0.2) is 49.1 Å². The summed E-state index contributed by atoms with van der Waals surface area (Å²) in [7, 11) is 1.48. The predicted molar refractivity (Wildman–Crippen MR) is 60.8 cm³/mol. The van der Waals surface area contributed by atoms with E-state index in [1.54, 1.807) is 0 Å². The van der Waals surface area contributed by atoms with Crippen molar-refractivity contribution in [3.05, 3.63) is 0 Å². The zero-order valence-electron chi connectivity index (χ0n) is 9.82. The number of hydrogen-bond donors (Lipinski definition) is 3. The van der Waals surface area contributed by atoms with Gasteiger partial charge >= 0.3 is 6.03 Å². The van der Waals surface area contributed by atoms with Crippen LogP contribution in [0.2, 0.25) is 0 Å². The van der Waals surface area contributed by atoms with Crippen molar-refractivity contribution in [3.8, 4) is 0 Å². The Morgan fingerprint density at radius 1 is 1.50 bits per heavy atom. The molecule has 1 fully saturated rings. The number of likely N-dealkylation sites (tertiary alicyclic amines) is 1. The number of nitrogens with two attached hydrogens (primary N) is 1. The first-order valence-electron chi connectivity index (χ1n) is 5.54. The highest BCUT2D eigenvalue weighted by Crippen LogP contribution is 2.14. The zero-order valence-corrected chi connectivity index (χ0v) is 9.82. The number of carbonyl (C=O) groups excluding carboxylic acids is 2. The summed E-state index contributed by atoms with van der Waals surface area (Å²) in [6, 6.07) is 0.0544. The van der Waals surface area contributed by atoms with E-state index in [1.165, 1.54) is 7.05 Å². The summed E-state index contributed by atoms with van der Waals surface area (Å²) in [6.45, 7) is 3.11. The number of rotatable bonds is 2. The molecule has 6 heteroatoms. The molecule has 3 amide bonds. The molecule has 6 nitrogen and oxygen atoms in total. The number of hydrogen-bond acceptors (Lipinski definition) is 4. The molecular weight excluding hydrogens is 208 g/mol. The van der Waals surface area contributed by atoms with E-state index in [1.807, 2.05) is 11.8 Å². The molecular formula is C10H20N4O2. The third kappa shape index (κ3) is 3.79. The lowest BCUT2D eigenvalue weighted by Crippen LogP contribution is -2.50. The SMILES string of the molecule is CNC(=O)NC(=O)CN1CCC(N)CC1C. The van der Waals surface area contributed by atoms with Crippen molar-refractivity contribution in [1.82, 2.24) is 15.5 Å². The summed E-state index contributed by atoms with van der Waals surface area (Å²) in [5.74, 6) is -0.276. The lowest BCUT2D eigenvalue weighted by atomic mass is 9.99. The fraction of sp³-hybridized carbons (Fsp3) is 0.800. The van der Waals surface area contributed by atoms with Crippen LogP contribution in [-0.2, 0) is 4.79 Å². The molecule has 0 aliphatic carbocycles. The topological polar surface area (TPSA) is 87.5 Å². The Balaban J connectivity index is 2.36. The van der Waals surface area contributed by atoms with Gasteiger partial charge in [-0.3, -0.25) is 15.0 Å². The van der Waals surface area contributed by atoms with Crippen molar-refractivity contribution in [1.29, 1.82) is 0 Å². The van der Waals surface area contributed by atoms with Crippen LogP contribution in [0, 0.1) is 0 Å². The van der Waals surface area contributed by atoms with Gasteiger partial charge in [-0.15, -0.1) is 0 Å². The Morgan fingerprint density at radius 3 is 2.75 bits per heavy atom. The molecule has 2 atom stereocenters. The molecule has 0 saturated carbocycles. The van der Waals surface area contributed by atoms with Crippen molar-refractivity contribution >= 4 is 11.9 Å². The highest BCUT2D eigenvalue weighted by molar-refractivity contribution is 5.95. The molecule has 0 spiro atoms. The summed E-state index contributed by atoms with van der Waals surface area (Å²) in [5, 5.41) is 4.59. The molecule has 16 heavy (non-hydrogen) atoms. The predicted octanol–water partition coefficient (Wildman–Crippen LogP) is -0.746. The monoisotopic (exact) mass is 228 g/mol. The second kappa shape index (κ2) is 5.81. The fourth-order valence-corrected chi connectivity index (χ4v) is 1.91. The van der Waals surface area contributed by atoms with Crippen molar-refractivity contribution in [3.63, 3.8) is 0 Å².